The van der Waals surface area contributed by atoms with E-state index in [1.54, 1.807) is 31.4 Å². The van der Waals surface area contributed by atoms with Gasteiger partial charge in [0.15, 0.2) is 17.3 Å². The fraction of sp³-hybridized carbons (Fsp3) is 0.375. The Morgan fingerprint density at radius 3 is 2.65 bits per heavy atom. The number of methoxy groups -OCH3 is 2. The summed E-state index contributed by atoms with van der Waals surface area (Å²) in [6.07, 6.45) is 4.39. The highest BCUT2D eigenvalue weighted by molar-refractivity contribution is 14.1. The van der Waals surface area contributed by atoms with Gasteiger partial charge in [-0.3, -0.25) is 4.79 Å². The number of rotatable bonds is 7. The number of carbonyl (C=O) groups excluding carboxylic acids is 1. The molecule has 1 aliphatic rings. The number of hydrogen-bond donors (Lipinski definition) is 2. The first-order valence-corrected chi connectivity index (χ1v) is 12.0. The number of carbonyl (C=O) groups is 1. The van der Waals surface area contributed by atoms with Gasteiger partial charge in [0.1, 0.15) is 18.2 Å². The van der Waals surface area contributed by atoms with Gasteiger partial charge in [-0.15, -0.1) is 0 Å². The summed E-state index contributed by atoms with van der Waals surface area (Å²) in [6, 6.07) is 8.10. The van der Waals surface area contributed by atoms with Crippen molar-refractivity contribution in [3.63, 3.8) is 0 Å². The van der Waals surface area contributed by atoms with Crippen LogP contribution in [0.15, 0.2) is 36.7 Å². The summed E-state index contributed by atoms with van der Waals surface area (Å²) in [7, 11) is 2.92. The second-order valence-corrected chi connectivity index (χ2v) is 9.33. The van der Waals surface area contributed by atoms with Gasteiger partial charge in [-0.2, -0.15) is 0 Å². The molecule has 1 fully saturated rings. The Hall–Kier alpha value is -2.73. The van der Waals surface area contributed by atoms with Crippen LogP contribution in [0.25, 0.3) is 10.9 Å². The number of benzene rings is 2. The monoisotopic (exact) mass is 580 g/mol. The van der Waals surface area contributed by atoms with Crippen LogP contribution in [0.2, 0.25) is 0 Å². The molecule has 180 valence electrons. The summed E-state index contributed by atoms with van der Waals surface area (Å²) in [6.45, 7) is 0. The lowest BCUT2D eigenvalue weighted by Crippen LogP contribution is -2.41. The summed E-state index contributed by atoms with van der Waals surface area (Å²) >= 11 is 1.95. The molecule has 0 aliphatic heterocycles. The predicted molar refractivity (Wildman–Crippen MR) is 135 cm³/mol. The van der Waals surface area contributed by atoms with Crippen LogP contribution < -0.4 is 20.5 Å². The highest BCUT2D eigenvalue weighted by Crippen LogP contribution is 2.38. The number of fused-ring (bicyclic) bond motifs is 1. The van der Waals surface area contributed by atoms with E-state index in [4.69, 9.17) is 19.9 Å². The van der Waals surface area contributed by atoms with Crippen molar-refractivity contribution < 1.29 is 23.4 Å². The molecule has 1 saturated carbocycles. The van der Waals surface area contributed by atoms with Crippen LogP contribution in [0.1, 0.15) is 25.7 Å². The molecule has 3 aromatic rings. The molecular formula is C24H26FIN4O4. The third-order valence-corrected chi connectivity index (χ3v) is 6.95. The maximum atomic E-state index is 14.6. The van der Waals surface area contributed by atoms with E-state index < -0.39 is 6.04 Å². The normalized spacial score (nSPS) is 18.9. The van der Waals surface area contributed by atoms with Crippen molar-refractivity contribution in [3.8, 4) is 11.5 Å². The van der Waals surface area contributed by atoms with Crippen molar-refractivity contribution in [2.45, 2.75) is 37.8 Å². The van der Waals surface area contributed by atoms with E-state index in [0.717, 1.165) is 25.7 Å². The molecular weight excluding hydrogens is 554 g/mol. The number of nitrogens with two attached hydrogens (primary N) is 1. The van der Waals surface area contributed by atoms with E-state index in [1.807, 2.05) is 28.7 Å². The molecule has 1 atom stereocenters. The average Bonchev–Trinajstić information content (AvgIpc) is 2.86. The van der Waals surface area contributed by atoms with Crippen molar-refractivity contribution in [3.05, 3.63) is 46.0 Å². The van der Waals surface area contributed by atoms with Crippen molar-refractivity contribution >= 4 is 51.0 Å². The maximum Gasteiger partial charge on any atom is 0.322 e. The summed E-state index contributed by atoms with van der Waals surface area (Å²) in [5, 5.41) is 3.75. The number of hydrogen-bond acceptors (Lipinski definition) is 8. The summed E-state index contributed by atoms with van der Waals surface area (Å²) in [4.78, 5) is 20.4. The largest absolute Gasteiger partial charge is 0.493 e. The van der Waals surface area contributed by atoms with E-state index >= 15 is 0 Å². The van der Waals surface area contributed by atoms with Crippen molar-refractivity contribution in [1.82, 2.24) is 9.97 Å². The SMILES string of the molecule is COC(=O)[C@@H](N)C1CCC(Oc2cc3c(Nc4cccc(I)c4F)ncnc3cc2OC)CC1. The fourth-order valence-electron chi connectivity index (χ4n) is 4.22. The summed E-state index contributed by atoms with van der Waals surface area (Å²) in [5.74, 6) is 0.902. The number of halogens is 2. The standard InChI is InChI=1S/C24H26FIN4O4/c1-32-19-11-18-15(23(29-12-28-18)30-17-5-3-4-16(26)21(17)25)10-20(19)34-14-8-6-13(7-9-14)22(27)24(31)33-2/h3-5,10-14,22H,6-9,27H2,1-2H3,(H,28,29,30)/t13?,14?,22-/m0/s1. The predicted octanol–water partition coefficient (Wildman–Crippen LogP) is 4.56. The summed E-state index contributed by atoms with van der Waals surface area (Å²) < 4.78 is 31.7. The topological polar surface area (TPSA) is 109 Å². The Morgan fingerprint density at radius 1 is 1.18 bits per heavy atom. The molecule has 2 aromatic carbocycles. The van der Waals surface area contributed by atoms with Crippen LogP contribution in [-0.4, -0.2) is 42.3 Å². The van der Waals surface area contributed by atoms with Crippen LogP contribution in [0, 0.1) is 15.3 Å². The first-order chi connectivity index (χ1) is 16.4. The van der Waals surface area contributed by atoms with Gasteiger partial charge in [0, 0.05) is 11.5 Å². The van der Waals surface area contributed by atoms with Gasteiger partial charge in [-0.25, -0.2) is 14.4 Å². The lowest BCUT2D eigenvalue weighted by atomic mass is 9.83. The first kappa shape index (κ1) is 24.4. The van der Waals surface area contributed by atoms with E-state index in [1.165, 1.54) is 13.4 Å². The highest BCUT2D eigenvalue weighted by atomic mass is 127. The van der Waals surface area contributed by atoms with E-state index in [2.05, 4.69) is 15.3 Å². The lowest BCUT2D eigenvalue weighted by Gasteiger charge is -2.31. The van der Waals surface area contributed by atoms with Crippen molar-refractivity contribution in [1.29, 1.82) is 0 Å². The number of ether oxygens (including phenoxy) is 3. The second kappa shape index (κ2) is 10.7. The fourth-order valence-corrected chi connectivity index (χ4v) is 4.71. The smallest absolute Gasteiger partial charge is 0.322 e. The molecule has 10 heteroatoms. The zero-order valence-corrected chi connectivity index (χ0v) is 21.0. The van der Waals surface area contributed by atoms with Crippen LogP contribution >= 0.6 is 22.6 Å². The number of nitrogens with zero attached hydrogens (tertiary/aromatic N) is 2. The minimum absolute atomic E-state index is 0.0540. The summed E-state index contributed by atoms with van der Waals surface area (Å²) in [5.41, 5.74) is 6.99. The molecule has 3 N–H and O–H groups in total. The molecule has 4 rings (SSSR count). The van der Waals surface area contributed by atoms with E-state index in [-0.39, 0.29) is 23.8 Å². The highest BCUT2D eigenvalue weighted by Gasteiger charge is 2.31. The molecule has 0 amide bonds. The van der Waals surface area contributed by atoms with Gasteiger partial charge in [0.05, 0.1) is 35.1 Å². The molecule has 1 aliphatic carbocycles. The number of nitrogens with one attached hydrogen (secondary N) is 1. The van der Waals surface area contributed by atoms with Gasteiger partial charge in [-0.05, 0) is 72.4 Å². The molecule has 0 unspecified atom stereocenters. The van der Waals surface area contributed by atoms with Crippen LogP contribution in [-0.2, 0) is 9.53 Å². The second-order valence-electron chi connectivity index (χ2n) is 8.17. The minimum atomic E-state index is -0.617. The van der Waals surface area contributed by atoms with Crippen LogP contribution in [0.4, 0.5) is 15.9 Å². The first-order valence-electron chi connectivity index (χ1n) is 10.9. The molecule has 0 bridgehead atoms. The third kappa shape index (κ3) is 5.17. The minimum Gasteiger partial charge on any atom is -0.493 e. The Bertz CT molecular complexity index is 1190. The quantitative estimate of drug-likeness (QED) is 0.310. The zero-order valence-electron chi connectivity index (χ0n) is 18.9. The van der Waals surface area contributed by atoms with E-state index in [0.29, 0.717) is 37.5 Å². The molecule has 8 nitrogen and oxygen atoms in total. The Morgan fingerprint density at radius 2 is 1.94 bits per heavy atom. The maximum absolute atomic E-state index is 14.6. The van der Waals surface area contributed by atoms with Crippen molar-refractivity contribution in [2.75, 3.05) is 19.5 Å². The molecule has 34 heavy (non-hydrogen) atoms. The zero-order chi connectivity index (χ0) is 24.2. The third-order valence-electron chi connectivity index (χ3n) is 6.12. The number of anilines is 2. The Kier molecular flexibility index (Phi) is 7.67. The van der Waals surface area contributed by atoms with Gasteiger partial charge < -0.3 is 25.3 Å². The van der Waals surface area contributed by atoms with Gasteiger partial charge in [0.25, 0.3) is 0 Å². The van der Waals surface area contributed by atoms with Crippen LogP contribution in [0.3, 0.4) is 0 Å². The van der Waals surface area contributed by atoms with Gasteiger partial charge in [-0.1, -0.05) is 6.07 Å². The van der Waals surface area contributed by atoms with Crippen LogP contribution in [0.5, 0.6) is 11.5 Å². The van der Waals surface area contributed by atoms with E-state index in [9.17, 15) is 9.18 Å². The van der Waals surface area contributed by atoms with Gasteiger partial charge >= 0.3 is 5.97 Å². The average molecular weight is 580 g/mol. The van der Waals surface area contributed by atoms with Crippen molar-refractivity contribution in [2.24, 2.45) is 11.7 Å². The van der Waals surface area contributed by atoms with Gasteiger partial charge in [0.2, 0.25) is 0 Å². The Labute approximate surface area is 210 Å². The molecule has 1 heterocycles. The molecule has 0 saturated heterocycles. The lowest BCUT2D eigenvalue weighted by molar-refractivity contribution is -0.144. The molecule has 0 radical (unpaired) electrons. The number of esters is 1. The molecule has 1 aromatic heterocycles. The Balaban J connectivity index is 1.57. The number of aromatic nitrogens is 2. The molecule has 0 spiro atoms.